The number of fused-ring (bicyclic) bond motifs is 3. The zero-order valence-electron chi connectivity index (χ0n) is 14.1. The van der Waals surface area contributed by atoms with E-state index in [-0.39, 0.29) is 12.0 Å². The van der Waals surface area contributed by atoms with Crippen molar-refractivity contribution in [3.8, 4) is 11.8 Å². The maximum Gasteiger partial charge on any atom is 0.303 e. The molecule has 0 amide bonds. The van der Waals surface area contributed by atoms with Crippen molar-refractivity contribution in [2.45, 2.75) is 12.8 Å². The van der Waals surface area contributed by atoms with Gasteiger partial charge < -0.3 is 15.1 Å². The van der Waals surface area contributed by atoms with Gasteiger partial charge >= 0.3 is 5.97 Å². The maximum absolute atomic E-state index is 12.2. The minimum atomic E-state index is -0.862. The second kappa shape index (κ2) is 6.83. The molecule has 0 unspecified atom stereocenters. The summed E-state index contributed by atoms with van der Waals surface area (Å²) in [6.45, 7) is 0.660. The number of carboxylic acids is 1. The number of aromatic nitrogens is 2. The molecule has 3 N–H and O–H groups in total. The summed E-state index contributed by atoms with van der Waals surface area (Å²) in [4.78, 5) is 30.9. The molecule has 0 aliphatic carbocycles. The van der Waals surface area contributed by atoms with Gasteiger partial charge in [-0.3, -0.25) is 14.5 Å². The van der Waals surface area contributed by atoms with Crippen LogP contribution in [0.25, 0.3) is 21.8 Å². The second-order valence-electron chi connectivity index (χ2n) is 6.21. The van der Waals surface area contributed by atoms with Gasteiger partial charge in [-0.1, -0.05) is 11.8 Å². The van der Waals surface area contributed by atoms with Gasteiger partial charge in [-0.15, -0.1) is 0 Å². The molecule has 25 heavy (non-hydrogen) atoms. The van der Waals surface area contributed by atoms with Crippen LogP contribution in [0.5, 0.6) is 0 Å². The predicted molar refractivity (Wildman–Crippen MR) is 97.8 cm³/mol. The Bertz CT molecular complexity index is 1060. The highest BCUT2D eigenvalue weighted by molar-refractivity contribution is 6.06. The topological polar surface area (TPSA) is 89.2 Å². The van der Waals surface area contributed by atoms with Crippen LogP contribution in [0.1, 0.15) is 17.5 Å². The lowest BCUT2D eigenvalue weighted by molar-refractivity contribution is -0.136. The van der Waals surface area contributed by atoms with E-state index in [1.54, 1.807) is 6.20 Å². The van der Waals surface area contributed by atoms with Crippen LogP contribution in [0.15, 0.2) is 29.2 Å². The number of nitrogens with zero attached hydrogens (tertiary/aromatic N) is 1. The largest absolute Gasteiger partial charge is 0.481 e. The average molecular weight is 337 g/mol. The van der Waals surface area contributed by atoms with Gasteiger partial charge in [0.1, 0.15) is 5.52 Å². The highest BCUT2D eigenvalue weighted by atomic mass is 16.4. The average Bonchev–Trinajstić information content (AvgIpc) is 2.98. The van der Waals surface area contributed by atoms with Crippen LogP contribution < -0.4 is 5.56 Å². The normalized spacial score (nSPS) is 11.0. The van der Waals surface area contributed by atoms with Gasteiger partial charge in [0.15, 0.2) is 0 Å². The van der Waals surface area contributed by atoms with Gasteiger partial charge in [-0.2, -0.15) is 0 Å². The molecule has 0 fully saturated rings. The fraction of sp³-hybridized carbons (Fsp3) is 0.263. The van der Waals surface area contributed by atoms with E-state index in [1.807, 2.05) is 37.2 Å². The lowest BCUT2D eigenvalue weighted by Gasteiger charge is -2.04. The Balaban J connectivity index is 2.15. The summed E-state index contributed by atoms with van der Waals surface area (Å²) in [5.74, 6) is 5.35. The Labute approximate surface area is 144 Å². The van der Waals surface area contributed by atoms with Crippen molar-refractivity contribution in [2.75, 3.05) is 20.6 Å². The predicted octanol–water partition coefficient (Wildman–Crippen LogP) is 1.94. The summed E-state index contributed by atoms with van der Waals surface area (Å²) in [6, 6.07) is 5.65. The standard InChI is InChI=1S/C19H19N3O3/c1-22(2)9-3-4-12-5-7-15-14(10-12)17-13(6-8-16(23)24)11-20-18(17)19(25)21-15/h5,7,10-11,20H,6,8-9H2,1-2H3,(H,21,25)(H,23,24). The van der Waals surface area contributed by atoms with E-state index in [0.717, 1.165) is 21.9 Å². The number of benzene rings is 1. The van der Waals surface area contributed by atoms with Crippen LogP contribution in [0.2, 0.25) is 0 Å². The van der Waals surface area contributed by atoms with Crippen LogP contribution in [-0.4, -0.2) is 46.6 Å². The van der Waals surface area contributed by atoms with Crippen molar-refractivity contribution in [3.63, 3.8) is 0 Å². The molecule has 2 heterocycles. The van der Waals surface area contributed by atoms with Crippen molar-refractivity contribution in [1.29, 1.82) is 0 Å². The molecule has 0 bridgehead atoms. The molecule has 2 aromatic heterocycles. The van der Waals surface area contributed by atoms with E-state index >= 15 is 0 Å². The van der Waals surface area contributed by atoms with Gasteiger partial charge in [0.05, 0.1) is 6.54 Å². The van der Waals surface area contributed by atoms with Gasteiger partial charge in [0, 0.05) is 34.5 Å². The second-order valence-corrected chi connectivity index (χ2v) is 6.21. The number of rotatable bonds is 4. The molecule has 0 radical (unpaired) electrons. The molecule has 3 aromatic rings. The number of nitrogens with one attached hydrogen (secondary N) is 2. The van der Waals surface area contributed by atoms with Crippen LogP contribution in [0.4, 0.5) is 0 Å². The molecule has 0 aliphatic heterocycles. The molecule has 0 spiro atoms. The minimum absolute atomic E-state index is 0.0174. The quantitative estimate of drug-likeness (QED) is 0.635. The lowest BCUT2D eigenvalue weighted by Crippen LogP contribution is -2.10. The Morgan fingerprint density at radius 3 is 2.84 bits per heavy atom. The molecule has 0 saturated heterocycles. The summed E-state index contributed by atoms with van der Waals surface area (Å²) in [6.07, 6.45) is 2.10. The van der Waals surface area contributed by atoms with E-state index in [2.05, 4.69) is 21.8 Å². The molecule has 0 aliphatic rings. The van der Waals surface area contributed by atoms with Crippen LogP contribution >= 0.6 is 0 Å². The molecule has 128 valence electrons. The summed E-state index contributed by atoms with van der Waals surface area (Å²) in [5, 5.41) is 10.6. The zero-order chi connectivity index (χ0) is 18.0. The zero-order valence-corrected chi connectivity index (χ0v) is 14.1. The number of H-pyrrole nitrogens is 2. The molecule has 0 atom stereocenters. The maximum atomic E-state index is 12.2. The van der Waals surface area contributed by atoms with Gasteiger partial charge in [-0.25, -0.2) is 0 Å². The van der Waals surface area contributed by atoms with Crippen LogP contribution in [0, 0.1) is 11.8 Å². The molecule has 0 saturated carbocycles. The molecular weight excluding hydrogens is 318 g/mol. The highest BCUT2D eigenvalue weighted by Gasteiger charge is 2.13. The number of hydrogen-bond donors (Lipinski definition) is 3. The Hall–Kier alpha value is -3.04. The summed E-state index contributed by atoms with van der Waals surface area (Å²) in [5.41, 5.74) is 2.65. The van der Waals surface area contributed by atoms with Gasteiger partial charge in [0.2, 0.25) is 0 Å². The van der Waals surface area contributed by atoms with E-state index in [9.17, 15) is 9.59 Å². The molecular formula is C19H19N3O3. The number of aromatic amines is 2. The smallest absolute Gasteiger partial charge is 0.303 e. The number of hydrogen-bond acceptors (Lipinski definition) is 3. The van der Waals surface area contributed by atoms with Gasteiger partial charge in [-0.05, 0) is 44.3 Å². The van der Waals surface area contributed by atoms with Crippen molar-refractivity contribution in [1.82, 2.24) is 14.9 Å². The third kappa shape index (κ3) is 3.57. The fourth-order valence-electron chi connectivity index (χ4n) is 2.81. The van der Waals surface area contributed by atoms with Gasteiger partial charge in [0.25, 0.3) is 5.56 Å². The molecule has 1 aromatic carbocycles. The summed E-state index contributed by atoms with van der Waals surface area (Å²) in [7, 11) is 3.91. The SMILES string of the molecule is CN(C)CC#Cc1ccc2[nH]c(=O)c3[nH]cc(CCC(=O)O)c3c2c1. The third-order valence-corrected chi connectivity index (χ3v) is 3.96. The highest BCUT2D eigenvalue weighted by Crippen LogP contribution is 2.26. The molecule has 3 rings (SSSR count). The first kappa shape index (κ1) is 16.8. The van der Waals surface area contributed by atoms with Crippen molar-refractivity contribution < 1.29 is 9.90 Å². The number of pyridine rings is 1. The number of carboxylic acid groups (broad SMARTS) is 1. The van der Waals surface area contributed by atoms with Crippen LogP contribution in [-0.2, 0) is 11.2 Å². The van der Waals surface area contributed by atoms with E-state index in [0.29, 0.717) is 24.0 Å². The first-order valence-corrected chi connectivity index (χ1v) is 7.97. The van der Waals surface area contributed by atoms with E-state index < -0.39 is 5.97 Å². The Kier molecular flexibility index (Phi) is 4.59. The van der Waals surface area contributed by atoms with Crippen LogP contribution in [0.3, 0.4) is 0 Å². The Morgan fingerprint density at radius 2 is 2.12 bits per heavy atom. The van der Waals surface area contributed by atoms with Crippen molar-refractivity contribution in [3.05, 3.63) is 45.9 Å². The monoisotopic (exact) mass is 337 g/mol. The minimum Gasteiger partial charge on any atom is -0.481 e. The lowest BCUT2D eigenvalue weighted by atomic mass is 10.0. The third-order valence-electron chi connectivity index (χ3n) is 3.96. The van der Waals surface area contributed by atoms with Crippen molar-refractivity contribution >= 4 is 27.8 Å². The first-order valence-electron chi connectivity index (χ1n) is 7.97. The summed E-state index contributed by atoms with van der Waals surface area (Å²) >= 11 is 0. The molecule has 6 heteroatoms. The van der Waals surface area contributed by atoms with Crippen molar-refractivity contribution in [2.24, 2.45) is 0 Å². The van der Waals surface area contributed by atoms with E-state index in [1.165, 1.54) is 0 Å². The fourth-order valence-corrected chi connectivity index (χ4v) is 2.81. The Morgan fingerprint density at radius 1 is 1.32 bits per heavy atom. The number of carbonyl (C=O) groups is 1. The number of aliphatic carboxylic acids is 1. The summed E-state index contributed by atoms with van der Waals surface area (Å²) < 4.78 is 0. The first-order chi connectivity index (χ1) is 12.0. The number of aryl methyl sites for hydroxylation is 1. The van der Waals surface area contributed by atoms with E-state index in [4.69, 9.17) is 5.11 Å². The molecule has 6 nitrogen and oxygen atoms in total.